The van der Waals surface area contributed by atoms with Crippen molar-refractivity contribution in [3.8, 4) is 34.3 Å². The van der Waals surface area contributed by atoms with Crippen molar-refractivity contribution in [1.82, 2.24) is 14.8 Å². The Balaban J connectivity index is 2.25. The van der Waals surface area contributed by atoms with Crippen LogP contribution in [0.3, 0.4) is 0 Å². The van der Waals surface area contributed by atoms with Crippen LogP contribution in [0.4, 0.5) is 19.1 Å². The van der Waals surface area contributed by atoms with Gasteiger partial charge < -0.3 is 26.0 Å². The van der Waals surface area contributed by atoms with Gasteiger partial charge in [-0.05, 0) is 24.3 Å². The average Bonchev–Trinajstić information content (AvgIpc) is 3.15. The van der Waals surface area contributed by atoms with Crippen LogP contribution in [0.2, 0.25) is 0 Å². The normalized spacial score (nSPS) is 12.3. The second kappa shape index (κ2) is 8.55. The Hall–Kier alpha value is -4.13. The van der Waals surface area contributed by atoms with Crippen molar-refractivity contribution in [2.75, 3.05) is 12.4 Å². The fourth-order valence-electron chi connectivity index (χ4n) is 2.80. The predicted octanol–water partition coefficient (Wildman–Crippen LogP) is 1.84. The summed E-state index contributed by atoms with van der Waals surface area (Å²) in [5.74, 6) is -2.43. The molecule has 0 spiro atoms. The zero-order chi connectivity index (χ0) is 23.6. The molecule has 0 aliphatic carbocycles. The second-order valence-corrected chi connectivity index (χ2v) is 6.41. The number of halogens is 3. The molecule has 0 fully saturated rings. The Morgan fingerprint density at radius 2 is 1.94 bits per heavy atom. The highest BCUT2D eigenvalue weighted by molar-refractivity contribution is 6.27. The van der Waals surface area contributed by atoms with E-state index in [9.17, 15) is 33.0 Å². The number of phenolic OH excluding ortho intramolecular Hbond substituents is 2. The number of nitrogens with zero attached hydrogens (tertiary/aromatic N) is 3. The molecule has 0 aliphatic rings. The molecule has 10 nitrogen and oxygen atoms in total. The van der Waals surface area contributed by atoms with Crippen LogP contribution in [0, 0.1) is 0 Å². The maximum atomic E-state index is 13.3. The molecule has 1 atom stereocenters. The third kappa shape index (κ3) is 4.32. The first kappa shape index (κ1) is 22.6. The van der Waals surface area contributed by atoms with E-state index in [0.29, 0.717) is 0 Å². The largest absolute Gasteiger partial charge is 0.507 e. The third-order valence-corrected chi connectivity index (χ3v) is 4.34. The smallest absolute Gasteiger partial charge is 0.416 e. The van der Waals surface area contributed by atoms with Gasteiger partial charge in [-0.25, -0.2) is 0 Å². The number of ether oxygens (including phenoxy) is 1. The second-order valence-electron chi connectivity index (χ2n) is 6.41. The number of nitrogens with one attached hydrogen (secondary N) is 1. The lowest BCUT2D eigenvalue weighted by Crippen LogP contribution is -2.39. The first-order chi connectivity index (χ1) is 15.1. The van der Waals surface area contributed by atoms with Crippen LogP contribution < -0.4 is 15.8 Å². The van der Waals surface area contributed by atoms with Gasteiger partial charge >= 0.3 is 6.18 Å². The number of benzene rings is 2. The third-order valence-electron chi connectivity index (χ3n) is 4.34. The average molecular weight is 451 g/mol. The zero-order valence-electron chi connectivity index (χ0n) is 16.3. The Morgan fingerprint density at radius 3 is 2.56 bits per heavy atom. The van der Waals surface area contributed by atoms with Gasteiger partial charge in [0.25, 0.3) is 0 Å². The van der Waals surface area contributed by atoms with E-state index >= 15 is 0 Å². The number of aromatic hydroxyl groups is 2. The molecule has 1 aromatic heterocycles. The van der Waals surface area contributed by atoms with E-state index in [2.05, 4.69) is 15.5 Å². The number of aldehydes is 1. The van der Waals surface area contributed by atoms with E-state index < -0.39 is 35.2 Å². The molecule has 32 heavy (non-hydrogen) atoms. The molecule has 2 aromatic carbocycles. The highest BCUT2D eigenvalue weighted by Crippen LogP contribution is 2.40. The van der Waals surface area contributed by atoms with Crippen LogP contribution >= 0.6 is 0 Å². The van der Waals surface area contributed by atoms with E-state index in [0.717, 1.165) is 28.8 Å². The molecular formula is C19H16F3N5O5. The molecule has 0 bridgehead atoms. The summed E-state index contributed by atoms with van der Waals surface area (Å²) in [4.78, 5) is 22.3. The molecule has 1 heterocycles. The predicted molar refractivity (Wildman–Crippen MR) is 104 cm³/mol. The maximum Gasteiger partial charge on any atom is 0.416 e. The van der Waals surface area contributed by atoms with Gasteiger partial charge in [0, 0.05) is 6.07 Å². The molecule has 0 saturated carbocycles. The summed E-state index contributed by atoms with van der Waals surface area (Å²) in [6.45, 7) is 0. The number of hydrogen-bond donors (Lipinski definition) is 4. The molecule has 0 saturated heterocycles. The zero-order valence-corrected chi connectivity index (χ0v) is 16.3. The summed E-state index contributed by atoms with van der Waals surface area (Å²) in [5.41, 5.74) is 4.45. The van der Waals surface area contributed by atoms with Gasteiger partial charge in [-0.3, -0.25) is 14.2 Å². The summed E-state index contributed by atoms with van der Waals surface area (Å²) in [7, 11) is 1.25. The number of hydrogen-bond acceptors (Lipinski definition) is 9. The Kier molecular flexibility index (Phi) is 6.02. The summed E-state index contributed by atoms with van der Waals surface area (Å²) in [6, 6.07) is 6.23. The Labute approximate surface area is 178 Å². The first-order valence-electron chi connectivity index (χ1n) is 8.81. The van der Waals surface area contributed by atoms with Crippen molar-refractivity contribution in [3.05, 3.63) is 42.0 Å². The molecular weight excluding hydrogens is 435 g/mol. The first-order valence-corrected chi connectivity index (χ1v) is 8.81. The van der Waals surface area contributed by atoms with E-state index in [1.165, 1.54) is 19.2 Å². The summed E-state index contributed by atoms with van der Waals surface area (Å²) < 4.78 is 45.8. The highest BCUT2D eigenvalue weighted by atomic mass is 19.4. The number of rotatable bonds is 7. The van der Waals surface area contributed by atoms with E-state index in [4.69, 9.17) is 10.5 Å². The molecule has 0 amide bonds. The minimum Gasteiger partial charge on any atom is -0.507 e. The Morgan fingerprint density at radius 1 is 1.22 bits per heavy atom. The van der Waals surface area contributed by atoms with Crippen molar-refractivity contribution in [2.45, 2.75) is 12.3 Å². The number of nitrogens with two attached hydrogens (primary N) is 1. The van der Waals surface area contributed by atoms with Crippen LogP contribution in [0.1, 0.15) is 5.56 Å². The standard InChI is InChI=1S/C19H16F3N5O5/c1-32-15-6-11(12(29)7-13(15)30)17-25-26-18(24-16(23)14(31)8-28)27(17)10-4-2-3-9(5-10)19(20,21)22/h2-8,16,29-30H,23H2,1H3,(H,24,26). The minimum atomic E-state index is -4.66. The van der Waals surface area contributed by atoms with Gasteiger partial charge in [-0.1, -0.05) is 6.07 Å². The monoisotopic (exact) mass is 451 g/mol. The van der Waals surface area contributed by atoms with Crippen molar-refractivity contribution >= 4 is 18.0 Å². The minimum absolute atomic E-state index is 0.0276. The van der Waals surface area contributed by atoms with Gasteiger partial charge in [0.15, 0.2) is 23.6 Å². The number of anilines is 1. The molecule has 3 rings (SSSR count). The van der Waals surface area contributed by atoms with E-state index in [1.807, 2.05) is 0 Å². The molecule has 3 aromatic rings. The number of alkyl halides is 3. The van der Waals surface area contributed by atoms with Crippen molar-refractivity contribution < 1.29 is 37.7 Å². The number of carbonyl (C=O) groups is 2. The summed E-state index contributed by atoms with van der Waals surface area (Å²) in [6.07, 6.45) is -6.25. The van der Waals surface area contributed by atoms with Crippen LogP contribution in [0.5, 0.6) is 17.2 Å². The van der Waals surface area contributed by atoms with Crippen molar-refractivity contribution in [2.24, 2.45) is 5.73 Å². The lowest BCUT2D eigenvalue weighted by molar-refractivity contribution is -0.137. The number of Topliss-reactive ketones (excluding diaryl/α,β-unsaturated/α-hetero) is 1. The molecule has 0 radical (unpaired) electrons. The highest BCUT2D eigenvalue weighted by Gasteiger charge is 2.31. The lowest BCUT2D eigenvalue weighted by Gasteiger charge is -2.16. The van der Waals surface area contributed by atoms with Crippen LogP contribution in [0.25, 0.3) is 17.1 Å². The van der Waals surface area contributed by atoms with E-state index in [1.54, 1.807) is 0 Å². The quantitative estimate of drug-likeness (QED) is 0.239. The number of carbonyl (C=O) groups excluding carboxylic acids is 2. The maximum absolute atomic E-state index is 13.3. The Bertz CT molecular complexity index is 1180. The number of methoxy groups -OCH3 is 1. The van der Waals surface area contributed by atoms with Gasteiger partial charge in [0.05, 0.1) is 23.9 Å². The summed E-state index contributed by atoms with van der Waals surface area (Å²) >= 11 is 0. The van der Waals surface area contributed by atoms with Crippen LogP contribution in [0.15, 0.2) is 36.4 Å². The summed E-state index contributed by atoms with van der Waals surface area (Å²) in [5, 5.41) is 30.2. The topological polar surface area (TPSA) is 153 Å². The molecule has 168 valence electrons. The molecule has 0 aliphatic heterocycles. The fraction of sp³-hybridized carbons (Fsp3) is 0.158. The van der Waals surface area contributed by atoms with Crippen LogP contribution in [-0.4, -0.2) is 50.3 Å². The molecule has 13 heteroatoms. The van der Waals surface area contributed by atoms with Gasteiger partial charge in [0.2, 0.25) is 11.7 Å². The van der Waals surface area contributed by atoms with Crippen molar-refractivity contribution in [3.63, 3.8) is 0 Å². The lowest BCUT2D eigenvalue weighted by atomic mass is 10.1. The van der Waals surface area contributed by atoms with Crippen molar-refractivity contribution in [1.29, 1.82) is 0 Å². The molecule has 1 unspecified atom stereocenters. The van der Waals surface area contributed by atoms with Gasteiger partial charge in [-0.15, -0.1) is 10.2 Å². The number of aromatic nitrogens is 3. The van der Waals surface area contributed by atoms with E-state index in [-0.39, 0.29) is 35.1 Å². The van der Waals surface area contributed by atoms with Crippen LogP contribution in [-0.2, 0) is 15.8 Å². The molecule has 5 N–H and O–H groups in total. The SMILES string of the molecule is COc1cc(-c2nnc(NC(N)C(=O)C=O)n2-c2cccc(C(F)(F)F)c2)c(O)cc1O. The number of phenols is 2. The van der Waals surface area contributed by atoms with Gasteiger partial charge in [-0.2, -0.15) is 13.2 Å². The fourth-order valence-corrected chi connectivity index (χ4v) is 2.80. The number of ketones is 1. The van der Waals surface area contributed by atoms with Gasteiger partial charge in [0.1, 0.15) is 11.9 Å².